The van der Waals surface area contributed by atoms with E-state index in [2.05, 4.69) is 35.6 Å². The molecule has 1 N–H and O–H groups in total. The normalized spacial score (nSPS) is 46.4. The molecule has 2 aliphatic heterocycles. The summed E-state index contributed by atoms with van der Waals surface area (Å²) in [6.45, 7) is 3.18. The van der Waals surface area contributed by atoms with Gasteiger partial charge in [0.15, 0.2) is 0 Å². The molecule has 0 bridgehead atoms. The fourth-order valence-corrected chi connectivity index (χ4v) is 1.91. The van der Waals surface area contributed by atoms with Crippen molar-refractivity contribution in [1.29, 1.82) is 0 Å². The summed E-state index contributed by atoms with van der Waals surface area (Å²) in [7, 11) is 2.09. The Kier molecular flexibility index (Phi) is 1.28. The number of aliphatic imine (C=N–C) groups is 1. The molecule has 10 heavy (non-hydrogen) atoms. The maximum atomic E-state index is 4.26. The van der Waals surface area contributed by atoms with Crippen LogP contribution in [0.2, 0.25) is 0 Å². The van der Waals surface area contributed by atoms with Gasteiger partial charge in [-0.25, -0.2) is 10.4 Å². The van der Waals surface area contributed by atoms with E-state index >= 15 is 0 Å². The quantitative estimate of drug-likeness (QED) is 0.507. The fourth-order valence-electron chi connectivity index (χ4n) is 1.91. The standard InChI is InChI=1S/C7H13N3/c1-5-3-8-4-6-7(5)10(2)9-6/h3,5-7,9H,4H2,1-2H3. The maximum Gasteiger partial charge on any atom is 0.0586 e. The van der Waals surface area contributed by atoms with Crippen molar-refractivity contribution in [2.75, 3.05) is 13.6 Å². The van der Waals surface area contributed by atoms with E-state index in [0.717, 1.165) is 6.54 Å². The number of hydrogen-bond acceptors (Lipinski definition) is 3. The van der Waals surface area contributed by atoms with Crippen molar-refractivity contribution in [3.05, 3.63) is 0 Å². The van der Waals surface area contributed by atoms with Crippen LogP contribution in [0.4, 0.5) is 0 Å². The molecule has 3 heteroatoms. The van der Waals surface area contributed by atoms with E-state index < -0.39 is 0 Å². The lowest BCUT2D eigenvalue weighted by molar-refractivity contribution is -0.0208. The summed E-state index contributed by atoms with van der Waals surface area (Å²) in [6, 6.07) is 1.31. The number of nitrogens with one attached hydrogen (secondary N) is 1. The number of likely N-dealkylation sites (N-methyl/N-ethyl adjacent to an activating group) is 1. The van der Waals surface area contributed by atoms with Gasteiger partial charge < -0.3 is 0 Å². The molecule has 56 valence electrons. The topological polar surface area (TPSA) is 27.6 Å². The number of hydrogen-bond donors (Lipinski definition) is 1. The molecule has 2 aliphatic rings. The van der Waals surface area contributed by atoms with Crippen molar-refractivity contribution in [2.45, 2.75) is 19.0 Å². The molecule has 0 aliphatic carbocycles. The van der Waals surface area contributed by atoms with Crippen LogP contribution in [0, 0.1) is 5.92 Å². The number of nitrogens with zero attached hydrogens (tertiary/aromatic N) is 2. The van der Waals surface area contributed by atoms with E-state index in [-0.39, 0.29) is 0 Å². The van der Waals surface area contributed by atoms with Crippen molar-refractivity contribution in [3.8, 4) is 0 Å². The third-order valence-electron chi connectivity index (χ3n) is 2.41. The van der Waals surface area contributed by atoms with E-state index in [9.17, 15) is 0 Å². The van der Waals surface area contributed by atoms with Crippen molar-refractivity contribution in [3.63, 3.8) is 0 Å². The Hall–Kier alpha value is -0.410. The Morgan fingerprint density at radius 3 is 3.00 bits per heavy atom. The first kappa shape index (κ1) is 6.31. The van der Waals surface area contributed by atoms with Crippen LogP contribution in [0.25, 0.3) is 0 Å². The van der Waals surface area contributed by atoms with Crippen LogP contribution in [0.3, 0.4) is 0 Å². The first-order valence-corrected chi connectivity index (χ1v) is 3.78. The Bertz CT molecular complexity index is 166. The Balaban J connectivity index is 2.11. The van der Waals surface area contributed by atoms with Crippen LogP contribution in [0.5, 0.6) is 0 Å². The zero-order chi connectivity index (χ0) is 7.14. The van der Waals surface area contributed by atoms with Gasteiger partial charge in [0.2, 0.25) is 0 Å². The maximum absolute atomic E-state index is 4.26. The molecule has 0 aromatic carbocycles. The summed E-state index contributed by atoms with van der Waals surface area (Å²) < 4.78 is 0. The molecule has 2 heterocycles. The van der Waals surface area contributed by atoms with Gasteiger partial charge in [0.05, 0.1) is 12.6 Å². The van der Waals surface area contributed by atoms with Crippen LogP contribution >= 0.6 is 0 Å². The molecule has 3 unspecified atom stereocenters. The Morgan fingerprint density at radius 2 is 2.50 bits per heavy atom. The lowest BCUT2D eigenvalue weighted by Gasteiger charge is -2.50. The van der Waals surface area contributed by atoms with E-state index in [1.165, 1.54) is 0 Å². The highest BCUT2D eigenvalue weighted by molar-refractivity contribution is 5.63. The van der Waals surface area contributed by atoms with Crippen molar-refractivity contribution in [1.82, 2.24) is 10.4 Å². The van der Waals surface area contributed by atoms with Gasteiger partial charge >= 0.3 is 0 Å². The minimum absolute atomic E-state index is 0.616. The molecule has 0 radical (unpaired) electrons. The fraction of sp³-hybridized carbons (Fsp3) is 0.857. The van der Waals surface area contributed by atoms with Crippen LogP contribution in [-0.4, -0.2) is 36.9 Å². The monoisotopic (exact) mass is 139 g/mol. The van der Waals surface area contributed by atoms with Gasteiger partial charge in [0.1, 0.15) is 0 Å². The van der Waals surface area contributed by atoms with Crippen molar-refractivity contribution in [2.24, 2.45) is 10.9 Å². The molecule has 0 saturated carbocycles. The second-order valence-corrected chi connectivity index (χ2v) is 3.21. The molecule has 3 atom stereocenters. The lowest BCUT2D eigenvalue weighted by atomic mass is 9.90. The second-order valence-electron chi connectivity index (χ2n) is 3.21. The minimum Gasteiger partial charge on any atom is -0.295 e. The molecule has 0 aromatic heterocycles. The molecular weight excluding hydrogens is 126 g/mol. The highest BCUT2D eigenvalue weighted by atomic mass is 15.6. The molecule has 3 nitrogen and oxygen atoms in total. The average molecular weight is 139 g/mol. The van der Waals surface area contributed by atoms with Gasteiger partial charge in [0, 0.05) is 25.2 Å². The highest BCUT2D eigenvalue weighted by Crippen LogP contribution is 2.22. The molecule has 0 spiro atoms. The van der Waals surface area contributed by atoms with Gasteiger partial charge in [-0.2, -0.15) is 0 Å². The number of fused-ring (bicyclic) bond motifs is 1. The van der Waals surface area contributed by atoms with Crippen LogP contribution in [-0.2, 0) is 0 Å². The summed E-state index contributed by atoms with van der Waals surface area (Å²) in [5, 5.41) is 2.18. The number of hydrazine groups is 1. The van der Waals surface area contributed by atoms with Gasteiger partial charge in [0.25, 0.3) is 0 Å². The summed E-state index contributed by atoms with van der Waals surface area (Å²) in [4.78, 5) is 4.26. The van der Waals surface area contributed by atoms with Gasteiger partial charge in [-0.3, -0.25) is 4.99 Å². The molecular formula is C7H13N3. The third kappa shape index (κ3) is 0.707. The highest BCUT2D eigenvalue weighted by Gasteiger charge is 2.40. The van der Waals surface area contributed by atoms with E-state index in [1.807, 2.05) is 0 Å². The first-order valence-electron chi connectivity index (χ1n) is 3.78. The molecule has 0 aromatic rings. The second kappa shape index (κ2) is 2.04. The van der Waals surface area contributed by atoms with Crippen LogP contribution in [0.15, 0.2) is 4.99 Å². The Morgan fingerprint density at radius 1 is 1.70 bits per heavy atom. The zero-order valence-corrected chi connectivity index (χ0v) is 6.41. The van der Waals surface area contributed by atoms with Gasteiger partial charge in [-0.05, 0) is 0 Å². The van der Waals surface area contributed by atoms with E-state index in [4.69, 9.17) is 0 Å². The van der Waals surface area contributed by atoms with Crippen molar-refractivity contribution < 1.29 is 0 Å². The molecule has 2 rings (SSSR count). The van der Waals surface area contributed by atoms with E-state index in [1.54, 1.807) is 0 Å². The lowest BCUT2D eigenvalue weighted by Crippen LogP contribution is -2.72. The largest absolute Gasteiger partial charge is 0.295 e. The molecule has 0 amide bonds. The Labute approximate surface area is 61.1 Å². The van der Waals surface area contributed by atoms with Crippen molar-refractivity contribution >= 4 is 6.21 Å². The molecule has 1 saturated heterocycles. The van der Waals surface area contributed by atoms with Crippen LogP contribution in [0.1, 0.15) is 6.92 Å². The smallest absolute Gasteiger partial charge is 0.0586 e. The predicted octanol–water partition coefficient (Wildman–Crippen LogP) is -0.106. The third-order valence-corrected chi connectivity index (χ3v) is 2.41. The zero-order valence-electron chi connectivity index (χ0n) is 6.41. The van der Waals surface area contributed by atoms with Gasteiger partial charge in [-0.1, -0.05) is 6.92 Å². The summed E-state index contributed by atoms with van der Waals surface area (Å²) in [6.07, 6.45) is 2.07. The van der Waals surface area contributed by atoms with Crippen LogP contribution < -0.4 is 5.43 Å². The molecule has 1 fully saturated rings. The van der Waals surface area contributed by atoms with E-state index in [0.29, 0.717) is 18.0 Å². The summed E-state index contributed by atoms with van der Waals surface area (Å²) in [5.41, 5.74) is 3.29. The van der Waals surface area contributed by atoms with Gasteiger partial charge in [-0.15, -0.1) is 0 Å². The minimum atomic E-state index is 0.616. The SMILES string of the molecule is CC1C=NCC2NN(C)C12. The predicted molar refractivity (Wildman–Crippen MR) is 41.0 cm³/mol. The summed E-state index contributed by atoms with van der Waals surface area (Å²) in [5.74, 6) is 0.616. The number of rotatable bonds is 0. The summed E-state index contributed by atoms with van der Waals surface area (Å²) >= 11 is 0. The first-order chi connectivity index (χ1) is 4.79. The average Bonchev–Trinajstić information content (AvgIpc) is 1.85.